The third kappa shape index (κ3) is 1.86. The first kappa shape index (κ1) is 10.6. The molecule has 3 aromatic heterocycles. The molecule has 0 amide bonds. The fraction of sp³-hybridized carbons (Fsp3) is 0.0769. The van der Waals surface area contributed by atoms with E-state index in [1.165, 1.54) is 0 Å². The van der Waals surface area contributed by atoms with E-state index in [4.69, 9.17) is 0 Å². The number of pyridine rings is 2. The van der Waals surface area contributed by atoms with Crippen molar-refractivity contribution in [3.63, 3.8) is 0 Å². The van der Waals surface area contributed by atoms with E-state index in [9.17, 15) is 4.79 Å². The van der Waals surface area contributed by atoms with Crippen LogP contribution in [-0.4, -0.2) is 25.4 Å². The third-order valence-electron chi connectivity index (χ3n) is 2.69. The van der Waals surface area contributed by atoms with Gasteiger partial charge in [-0.25, -0.2) is 0 Å². The Hall–Kier alpha value is -2.56. The van der Waals surface area contributed by atoms with E-state index in [2.05, 4.69) is 15.2 Å². The molecular formula is C13H10N4O. The van der Waals surface area contributed by atoms with Gasteiger partial charge in [-0.05, 0) is 24.3 Å². The second kappa shape index (κ2) is 4.37. The molecule has 3 heterocycles. The fourth-order valence-corrected chi connectivity index (χ4v) is 1.83. The zero-order valence-electron chi connectivity index (χ0n) is 9.52. The number of rotatable bonds is 3. The predicted molar refractivity (Wildman–Crippen MR) is 65.3 cm³/mol. The van der Waals surface area contributed by atoms with Gasteiger partial charge in [0.25, 0.3) is 0 Å². The first-order chi connectivity index (χ1) is 8.84. The molecule has 0 fully saturated rings. The summed E-state index contributed by atoms with van der Waals surface area (Å²) in [5, 5.41) is 7.75. The molecule has 0 bridgehead atoms. The molecule has 5 nitrogen and oxygen atoms in total. The summed E-state index contributed by atoms with van der Waals surface area (Å²) in [6.07, 6.45) is 5.34. The highest BCUT2D eigenvalue weighted by Gasteiger charge is 2.12. The summed E-state index contributed by atoms with van der Waals surface area (Å²) >= 11 is 0. The maximum atomic E-state index is 12.2. The van der Waals surface area contributed by atoms with Gasteiger partial charge in [-0.1, -0.05) is 6.07 Å². The highest BCUT2D eigenvalue weighted by Crippen LogP contribution is 2.10. The molecule has 0 aliphatic rings. The Balaban J connectivity index is 1.95. The van der Waals surface area contributed by atoms with Crippen LogP contribution in [0.1, 0.15) is 16.1 Å². The van der Waals surface area contributed by atoms with Crippen molar-refractivity contribution in [3.05, 3.63) is 60.3 Å². The second-order valence-electron chi connectivity index (χ2n) is 3.90. The Labute approximate surface area is 103 Å². The molecule has 0 N–H and O–H groups in total. The zero-order chi connectivity index (χ0) is 12.4. The Morgan fingerprint density at radius 3 is 3.00 bits per heavy atom. The fourth-order valence-electron chi connectivity index (χ4n) is 1.83. The molecule has 0 saturated carbocycles. The standard InChI is InChI=1S/C13H10N4O/c18-12(8-10-4-1-2-6-14-10)11-5-3-7-17-9-15-16-13(11)17/h1-7,9H,8H2. The van der Waals surface area contributed by atoms with Crippen molar-refractivity contribution in [3.8, 4) is 0 Å². The SMILES string of the molecule is O=C(Cc1ccccn1)c1cccn2cnnc12. The van der Waals surface area contributed by atoms with E-state index < -0.39 is 0 Å². The molecule has 0 aliphatic heterocycles. The number of nitrogens with zero attached hydrogens (tertiary/aromatic N) is 4. The summed E-state index contributed by atoms with van der Waals surface area (Å²) in [6.45, 7) is 0. The second-order valence-corrected chi connectivity index (χ2v) is 3.90. The lowest BCUT2D eigenvalue weighted by Crippen LogP contribution is -2.07. The first-order valence-corrected chi connectivity index (χ1v) is 5.56. The summed E-state index contributed by atoms with van der Waals surface area (Å²) in [5.74, 6) is -0.00713. The quantitative estimate of drug-likeness (QED) is 0.649. The molecule has 3 rings (SSSR count). The lowest BCUT2D eigenvalue weighted by atomic mass is 10.1. The van der Waals surface area contributed by atoms with Crippen molar-refractivity contribution < 1.29 is 4.79 Å². The topological polar surface area (TPSA) is 60.2 Å². The Bertz CT molecular complexity index is 690. The molecule has 5 heteroatoms. The summed E-state index contributed by atoms with van der Waals surface area (Å²) in [7, 11) is 0. The van der Waals surface area contributed by atoms with E-state index in [0.29, 0.717) is 11.2 Å². The minimum Gasteiger partial charge on any atom is -0.294 e. The summed E-state index contributed by atoms with van der Waals surface area (Å²) in [5.41, 5.74) is 1.91. The van der Waals surface area contributed by atoms with Crippen molar-refractivity contribution in [1.29, 1.82) is 0 Å². The van der Waals surface area contributed by atoms with Gasteiger partial charge in [0.1, 0.15) is 6.33 Å². The Kier molecular flexibility index (Phi) is 2.57. The van der Waals surface area contributed by atoms with Crippen LogP contribution in [0.25, 0.3) is 5.65 Å². The zero-order valence-corrected chi connectivity index (χ0v) is 9.52. The molecule has 0 unspecified atom stereocenters. The number of hydrogen-bond donors (Lipinski definition) is 0. The van der Waals surface area contributed by atoms with Gasteiger partial charge in [0.15, 0.2) is 11.4 Å². The Morgan fingerprint density at radius 2 is 2.17 bits per heavy atom. The molecule has 0 radical (unpaired) electrons. The van der Waals surface area contributed by atoms with Crippen molar-refractivity contribution in [1.82, 2.24) is 19.6 Å². The average molecular weight is 238 g/mol. The van der Waals surface area contributed by atoms with Crippen LogP contribution in [0.5, 0.6) is 0 Å². The van der Waals surface area contributed by atoms with E-state index in [-0.39, 0.29) is 12.2 Å². The molecule has 88 valence electrons. The summed E-state index contributed by atoms with van der Waals surface area (Å²) < 4.78 is 1.73. The van der Waals surface area contributed by atoms with Crippen LogP contribution >= 0.6 is 0 Å². The Morgan fingerprint density at radius 1 is 1.22 bits per heavy atom. The van der Waals surface area contributed by atoms with Crippen LogP contribution in [0.15, 0.2) is 49.1 Å². The smallest absolute Gasteiger partial charge is 0.172 e. The number of ketones is 1. The third-order valence-corrected chi connectivity index (χ3v) is 2.69. The van der Waals surface area contributed by atoms with E-state index in [1.807, 2.05) is 30.5 Å². The van der Waals surface area contributed by atoms with E-state index in [0.717, 1.165) is 5.69 Å². The van der Waals surface area contributed by atoms with Gasteiger partial charge in [-0.2, -0.15) is 0 Å². The van der Waals surface area contributed by atoms with Gasteiger partial charge in [0.2, 0.25) is 0 Å². The van der Waals surface area contributed by atoms with Gasteiger partial charge in [0, 0.05) is 18.1 Å². The van der Waals surface area contributed by atoms with Gasteiger partial charge in [0.05, 0.1) is 12.0 Å². The van der Waals surface area contributed by atoms with Gasteiger partial charge >= 0.3 is 0 Å². The highest BCUT2D eigenvalue weighted by atomic mass is 16.1. The number of fused-ring (bicyclic) bond motifs is 1. The van der Waals surface area contributed by atoms with Gasteiger partial charge < -0.3 is 0 Å². The molecule has 0 atom stereocenters. The van der Waals surface area contributed by atoms with E-state index in [1.54, 1.807) is 23.0 Å². The van der Waals surface area contributed by atoms with Crippen molar-refractivity contribution in [2.24, 2.45) is 0 Å². The van der Waals surface area contributed by atoms with Crippen LogP contribution in [0.4, 0.5) is 0 Å². The van der Waals surface area contributed by atoms with E-state index >= 15 is 0 Å². The molecular weight excluding hydrogens is 228 g/mol. The highest BCUT2D eigenvalue weighted by molar-refractivity contribution is 6.02. The number of carbonyl (C=O) groups excluding carboxylic acids is 1. The summed E-state index contributed by atoms with van der Waals surface area (Å²) in [6, 6.07) is 9.10. The maximum absolute atomic E-state index is 12.2. The van der Waals surface area contributed by atoms with Crippen LogP contribution in [0, 0.1) is 0 Å². The largest absolute Gasteiger partial charge is 0.294 e. The lowest BCUT2D eigenvalue weighted by molar-refractivity contribution is 0.0993. The minimum atomic E-state index is -0.00713. The average Bonchev–Trinajstić information content (AvgIpc) is 2.87. The van der Waals surface area contributed by atoms with Crippen LogP contribution < -0.4 is 0 Å². The minimum absolute atomic E-state index is 0.00713. The monoisotopic (exact) mass is 238 g/mol. The molecule has 0 spiro atoms. The van der Waals surface area contributed by atoms with Crippen LogP contribution in [-0.2, 0) is 6.42 Å². The number of hydrogen-bond acceptors (Lipinski definition) is 4. The van der Waals surface area contributed by atoms with Crippen LogP contribution in [0.2, 0.25) is 0 Å². The summed E-state index contributed by atoms with van der Waals surface area (Å²) in [4.78, 5) is 16.4. The van der Waals surface area contributed by atoms with Crippen molar-refractivity contribution in [2.45, 2.75) is 6.42 Å². The first-order valence-electron chi connectivity index (χ1n) is 5.56. The van der Waals surface area contributed by atoms with Gasteiger partial charge in [-0.3, -0.25) is 14.2 Å². The number of Topliss-reactive ketones (excluding diaryl/α,β-unsaturated/α-hetero) is 1. The van der Waals surface area contributed by atoms with Crippen molar-refractivity contribution in [2.75, 3.05) is 0 Å². The predicted octanol–water partition coefficient (Wildman–Crippen LogP) is 1.55. The van der Waals surface area contributed by atoms with Crippen molar-refractivity contribution >= 4 is 11.4 Å². The number of aromatic nitrogens is 4. The maximum Gasteiger partial charge on any atom is 0.172 e. The lowest BCUT2D eigenvalue weighted by Gasteiger charge is -2.02. The molecule has 18 heavy (non-hydrogen) atoms. The normalized spacial score (nSPS) is 10.7. The number of carbonyl (C=O) groups is 1. The molecule has 0 aliphatic carbocycles. The van der Waals surface area contributed by atoms with Gasteiger partial charge in [-0.15, -0.1) is 10.2 Å². The molecule has 3 aromatic rings. The molecule has 0 aromatic carbocycles. The molecule has 0 saturated heterocycles. The van der Waals surface area contributed by atoms with Crippen LogP contribution in [0.3, 0.4) is 0 Å².